The van der Waals surface area contributed by atoms with Gasteiger partial charge in [0.1, 0.15) is 5.75 Å². The van der Waals surface area contributed by atoms with Gasteiger partial charge in [-0.15, -0.1) is 0 Å². The van der Waals surface area contributed by atoms with E-state index in [1.165, 1.54) is 0 Å². The number of benzene rings is 1. The third kappa shape index (κ3) is 4.16. The van der Waals surface area contributed by atoms with Gasteiger partial charge in [-0.2, -0.15) is 0 Å². The Morgan fingerprint density at radius 2 is 2.06 bits per heavy atom. The van der Waals surface area contributed by atoms with E-state index >= 15 is 0 Å². The summed E-state index contributed by atoms with van der Waals surface area (Å²) >= 11 is 0. The van der Waals surface area contributed by atoms with Crippen molar-refractivity contribution in [1.29, 1.82) is 0 Å². The zero-order chi connectivity index (χ0) is 13.7. The summed E-state index contributed by atoms with van der Waals surface area (Å²) in [5, 5.41) is 0. The van der Waals surface area contributed by atoms with E-state index in [1.807, 2.05) is 31.7 Å². The topological polar surface area (TPSA) is 81.6 Å². The molecule has 0 fully saturated rings. The molecule has 0 aliphatic carbocycles. The first kappa shape index (κ1) is 14.2. The van der Waals surface area contributed by atoms with Crippen LogP contribution in [-0.2, 0) is 4.79 Å². The summed E-state index contributed by atoms with van der Waals surface area (Å²) in [7, 11) is 0. The maximum Gasteiger partial charge on any atom is 0.236 e. The second-order valence-electron chi connectivity index (χ2n) is 4.41. The highest BCUT2D eigenvalue weighted by Crippen LogP contribution is 2.26. The first-order valence-electron chi connectivity index (χ1n) is 6.02. The molecule has 1 amide bonds. The van der Waals surface area contributed by atoms with Crippen molar-refractivity contribution in [2.45, 2.75) is 26.9 Å². The van der Waals surface area contributed by atoms with Crippen LogP contribution in [0.2, 0.25) is 0 Å². The quantitative estimate of drug-likeness (QED) is 0.748. The molecular formula is C13H21N3O2. The summed E-state index contributed by atoms with van der Waals surface area (Å²) < 4.78 is 5.61. The van der Waals surface area contributed by atoms with Crippen LogP contribution in [0.3, 0.4) is 0 Å². The molecule has 0 spiro atoms. The van der Waals surface area contributed by atoms with E-state index in [0.717, 1.165) is 5.69 Å². The average molecular weight is 251 g/mol. The number of ether oxygens (including phenoxy) is 1. The van der Waals surface area contributed by atoms with Crippen molar-refractivity contribution in [3.8, 4) is 5.75 Å². The lowest BCUT2D eigenvalue weighted by Crippen LogP contribution is -2.33. The molecule has 5 nitrogen and oxygen atoms in total. The molecule has 0 unspecified atom stereocenters. The van der Waals surface area contributed by atoms with Gasteiger partial charge in [0.15, 0.2) is 0 Å². The van der Waals surface area contributed by atoms with Crippen molar-refractivity contribution in [3.05, 3.63) is 18.2 Å². The number of hydrogen-bond acceptors (Lipinski definition) is 4. The maximum absolute atomic E-state index is 11.0. The summed E-state index contributed by atoms with van der Waals surface area (Å²) in [6, 6.07) is 5.43. The minimum absolute atomic E-state index is 0.0749. The fourth-order valence-electron chi connectivity index (χ4n) is 1.70. The Morgan fingerprint density at radius 1 is 1.39 bits per heavy atom. The maximum atomic E-state index is 11.0. The standard InChI is InChI=1S/C13H21N3O2/c1-4-16(8-13(15)17)11-5-10(14)6-12(7-11)18-9(2)3/h5-7,9H,4,8,14H2,1-3H3,(H2,15,17). The Morgan fingerprint density at radius 3 is 2.56 bits per heavy atom. The number of nitrogen functional groups attached to an aromatic ring is 1. The molecule has 0 radical (unpaired) electrons. The van der Waals surface area contributed by atoms with Gasteiger partial charge in [0.05, 0.1) is 12.6 Å². The molecule has 4 N–H and O–H groups in total. The van der Waals surface area contributed by atoms with Gasteiger partial charge in [-0.1, -0.05) is 0 Å². The number of rotatable bonds is 6. The highest BCUT2D eigenvalue weighted by atomic mass is 16.5. The van der Waals surface area contributed by atoms with Crippen molar-refractivity contribution in [1.82, 2.24) is 0 Å². The van der Waals surface area contributed by atoms with Crippen LogP contribution < -0.4 is 21.1 Å². The van der Waals surface area contributed by atoms with Crippen LogP contribution in [0.15, 0.2) is 18.2 Å². The smallest absolute Gasteiger partial charge is 0.236 e. The van der Waals surface area contributed by atoms with Crippen molar-refractivity contribution in [2.75, 3.05) is 23.7 Å². The Hall–Kier alpha value is -1.91. The van der Waals surface area contributed by atoms with Crippen LogP contribution >= 0.6 is 0 Å². The Kier molecular flexibility index (Phi) is 4.83. The fourth-order valence-corrected chi connectivity index (χ4v) is 1.70. The van der Waals surface area contributed by atoms with E-state index in [4.69, 9.17) is 16.2 Å². The Labute approximate surface area is 108 Å². The molecule has 0 saturated carbocycles. The second-order valence-corrected chi connectivity index (χ2v) is 4.41. The van der Waals surface area contributed by atoms with Crippen molar-refractivity contribution < 1.29 is 9.53 Å². The number of carbonyl (C=O) groups is 1. The van der Waals surface area contributed by atoms with E-state index in [9.17, 15) is 4.79 Å². The zero-order valence-electron chi connectivity index (χ0n) is 11.1. The molecule has 0 aliphatic heterocycles. The van der Waals surface area contributed by atoms with Crippen molar-refractivity contribution in [2.24, 2.45) is 5.73 Å². The van der Waals surface area contributed by atoms with E-state index in [0.29, 0.717) is 18.0 Å². The molecule has 0 saturated heterocycles. The summed E-state index contributed by atoms with van der Waals surface area (Å²) in [5.41, 5.74) is 12.5. The summed E-state index contributed by atoms with van der Waals surface area (Å²) in [6.07, 6.45) is 0.0749. The van der Waals surface area contributed by atoms with E-state index in [1.54, 1.807) is 12.1 Å². The number of carbonyl (C=O) groups excluding carboxylic acids is 1. The fraction of sp³-hybridized carbons (Fsp3) is 0.462. The molecule has 18 heavy (non-hydrogen) atoms. The number of anilines is 2. The van der Waals surface area contributed by atoms with Gasteiger partial charge in [0, 0.05) is 30.1 Å². The molecular weight excluding hydrogens is 230 g/mol. The lowest BCUT2D eigenvalue weighted by molar-refractivity contribution is -0.116. The third-order valence-corrected chi connectivity index (χ3v) is 2.38. The van der Waals surface area contributed by atoms with Gasteiger partial charge in [-0.25, -0.2) is 0 Å². The first-order valence-corrected chi connectivity index (χ1v) is 6.02. The van der Waals surface area contributed by atoms with Crippen LogP contribution in [0.1, 0.15) is 20.8 Å². The second kappa shape index (κ2) is 6.14. The van der Waals surface area contributed by atoms with Gasteiger partial charge in [-0.05, 0) is 26.8 Å². The molecule has 0 aliphatic rings. The highest BCUT2D eigenvalue weighted by Gasteiger charge is 2.10. The summed E-state index contributed by atoms with van der Waals surface area (Å²) in [6.45, 7) is 6.69. The Balaban J connectivity index is 2.99. The molecule has 1 aromatic carbocycles. The predicted molar refractivity (Wildman–Crippen MR) is 73.7 cm³/mol. The number of nitrogens with zero attached hydrogens (tertiary/aromatic N) is 1. The molecule has 100 valence electrons. The summed E-state index contributed by atoms with van der Waals surface area (Å²) in [4.78, 5) is 12.9. The number of nitrogens with two attached hydrogens (primary N) is 2. The van der Waals surface area contributed by atoms with Crippen LogP contribution in [-0.4, -0.2) is 25.1 Å². The number of likely N-dealkylation sites (N-methyl/N-ethyl adjacent to an activating group) is 1. The molecule has 0 atom stereocenters. The summed E-state index contributed by atoms with van der Waals surface area (Å²) in [5.74, 6) is 0.327. The molecule has 5 heteroatoms. The zero-order valence-corrected chi connectivity index (χ0v) is 11.1. The molecule has 1 aromatic rings. The monoisotopic (exact) mass is 251 g/mol. The van der Waals surface area contributed by atoms with E-state index in [-0.39, 0.29) is 18.6 Å². The molecule has 0 aromatic heterocycles. The van der Waals surface area contributed by atoms with Crippen molar-refractivity contribution >= 4 is 17.3 Å². The van der Waals surface area contributed by atoms with Gasteiger partial charge >= 0.3 is 0 Å². The lowest BCUT2D eigenvalue weighted by Gasteiger charge is -2.23. The normalized spacial score (nSPS) is 10.4. The van der Waals surface area contributed by atoms with Gasteiger partial charge < -0.3 is 21.1 Å². The SMILES string of the molecule is CCN(CC(N)=O)c1cc(N)cc(OC(C)C)c1. The average Bonchev–Trinajstić information content (AvgIpc) is 2.23. The predicted octanol–water partition coefficient (Wildman–Crippen LogP) is 1.37. The third-order valence-electron chi connectivity index (χ3n) is 2.38. The molecule has 0 bridgehead atoms. The Bertz CT molecular complexity index is 419. The van der Waals surface area contributed by atoms with Crippen molar-refractivity contribution in [3.63, 3.8) is 0 Å². The van der Waals surface area contributed by atoms with E-state index < -0.39 is 0 Å². The van der Waals surface area contributed by atoms with Gasteiger partial charge in [-0.3, -0.25) is 4.79 Å². The van der Waals surface area contributed by atoms with Gasteiger partial charge in [0.2, 0.25) is 5.91 Å². The molecule has 1 rings (SSSR count). The van der Waals surface area contributed by atoms with Crippen LogP contribution in [0.25, 0.3) is 0 Å². The lowest BCUT2D eigenvalue weighted by atomic mass is 10.2. The van der Waals surface area contributed by atoms with E-state index in [2.05, 4.69) is 0 Å². The number of hydrogen-bond donors (Lipinski definition) is 2. The van der Waals surface area contributed by atoms with Crippen LogP contribution in [0, 0.1) is 0 Å². The molecule has 0 heterocycles. The van der Waals surface area contributed by atoms with Gasteiger partial charge in [0.25, 0.3) is 0 Å². The highest BCUT2D eigenvalue weighted by molar-refractivity contribution is 5.80. The number of amides is 1. The van der Waals surface area contributed by atoms with Crippen LogP contribution in [0.4, 0.5) is 11.4 Å². The first-order chi connectivity index (χ1) is 8.42. The minimum atomic E-state index is -0.370. The minimum Gasteiger partial charge on any atom is -0.491 e. The number of primary amides is 1. The van der Waals surface area contributed by atoms with Crippen LogP contribution in [0.5, 0.6) is 5.75 Å². The largest absolute Gasteiger partial charge is 0.491 e.